The van der Waals surface area contributed by atoms with E-state index in [1.165, 1.54) is 23.7 Å². The third-order valence-electron chi connectivity index (χ3n) is 4.92. The van der Waals surface area contributed by atoms with Crippen LogP contribution in [0.4, 0.5) is 4.79 Å². The number of aryl methyl sites for hydroxylation is 2. The molecule has 28 heavy (non-hydrogen) atoms. The number of carbonyl (C=O) groups excluding carboxylic acids is 2. The molecule has 1 heterocycles. The summed E-state index contributed by atoms with van der Waals surface area (Å²) in [6, 6.07) is 7.79. The molecule has 2 aromatic rings. The lowest BCUT2D eigenvalue weighted by Crippen LogP contribution is -2.47. The molecule has 7 nitrogen and oxygen atoms in total. The van der Waals surface area contributed by atoms with Gasteiger partial charge in [-0.1, -0.05) is 48.7 Å². The Balaban J connectivity index is 1.61. The molecule has 1 aromatic heterocycles. The number of thioether (sulfide) groups is 1. The standard InChI is InChI=1S/C20H27N5O2S/c1-13-9-11-17(12-10-13)25-15(3)23-24-20(25)28-14(2)18(26)22-19(27)21-16-7-5-4-6-8-16/h9-12,14,16H,4-8H2,1-3H3,(H2,21,22,26,27)/t14-/m0/s1. The van der Waals surface area contributed by atoms with Crippen LogP contribution in [0.5, 0.6) is 0 Å². The largest absolute Gasteiger partial charge is 0.335 e. The third-order valence-corrected chi connectivity index (χ3v) is 5.96. The predicted molar refractivity (Wildman–Crippen MR) is 110 cm³/mol. The first-order valence-electron chi connectivity index (χ1n) is 9.71. The van der Waals surface area contributed by atoms with Crippen molar-refractivity contribution in [2.75, 3.05) is 0 Å². The average Bonchev–Trinajstić information content (AvgIpc) is 3.03. The van der Waals surface area contributed by atoms with E-state index < -0.39 is 11.3 Å². The van der Waals surface area contributed by atoms with Gasteiger partial charge >= 0.3 is 6.03 Å². The minimum Gasteiger partial charge on any atom is -0.335 e. The number of amides is 3. The molecule has 2 N–H and O–H groups in total. The van der Waals surface area contributed by atoms with Gasteiger partial charge in [0.25, 0.3) is 0 Å². The van der Waals surface area contributed by atoms with E-state index in [0.29, 0.717) is 5.16 Å². The van der Waals surface area contributed by atoms with Crippen molar-refractivity contribution < 1.29 is 9.59 Å². The highest BCUT2D eigenvalue weighted by Gasteiger charge is 2.23. The second-order valence-electron chi connectivity index (χ2n) is 7.26. The minimum absolute atomic E-state index is 0.164. The summed E-state index contributed by atoms with van der Waals surface area (Å²) in [6.45, 7) is 5.67. The zero-order chi connectivity index (χ0) is 20.1. The van der Waals surface area contributed by atoms with Gasteiger partial charge in [0.15, 0.2) is 5.16 Å². The molecule has 1 atom stereocenters. The van der Waals surface area contributed by atoms with E-state index in [2.05, 4.69) is 20.8 Å². The predicted octanol–water partition coefficient (Wildman–Crippen LogP) is 3.52. The van der Waals surface area contributed by atoms with Gasteiger partial charge in [0, 0.05) is 11.7 Å². The van der Waals surface area contributed by atoms with E-state index in [1.54, 1.807) is 6.92 Å². The smallest absolute Gasteiger partial charge is 0.321 e. The number of rotatable bonds is 5. The van der Waals surface area contributed by atoms with E-state index in [-0.39, 0.29) is 11.9 Å². The van der Waals surface area contributed by atoms with Gasteiger partial charge in [0.1, 0.15) is 5.82 Å². The number of carbonyl (C=O) groups is 2. The van der Waals surface area contributed by atoms with E-state index in [4.69, 9.17) is 0 Å². The Kier molecular flexibility index (Phi) is 6.72. The Labute approximate surface area is 169 Å². The number of hydrogen-bond donors (Lipinski definition) is 2. The molecule has 8 heteroatoms. The topological polar surface area (TPSA) is 88.9 Å². The molecule has 0 radical (unpaired) electrons. The molecule has 150 valence electrons. The Morgan fingerprint density at radius 3 is 2.46 bits per heavy atom. The fraction of sp³-hybridized carbons (Fsp3) is 0.500. The maximum absolute atomic E-state index is 12.4. The SMILES string of the molecule is Cc1ccc(-n2c(C)nnc2S[C@@H](C)C(=O)NC(=O)NC2CCCCC2)cc1. The van der Waals surface area contributed by atoms with Crippen LogP contribution < -0.4 is 10.6 Å². The van der Waals surface area contributed by atoms with Crippen LogP contribution in [-0.2, 0) is 4.79 Å². The second-order valence-corrected chi connectivity index (χ2v) is 8.57. The number of nitrogens with one attached hydrogen (secondary N) is 2. The third kappa shape index (κ3) is 5.13. The van der Waals surface area contributed by atoms with Gasteiger partial charge < -0.3 is 5.32 Å². The summed E-state index contributed by atoms with van der Waals surface area (Å²) in [5.41, 5.74) is 2.11. The van der Waals surface area contributed by atoms with Crippen LogP contribution in [0.15, 0.2) is 29.4 Å². The molecule has 1 saturated carbocycles. The van der Waals surface area contributed by atoms with Crippen LogP contribution in [0.25, 0.3) is 5.69 Å². The molecule has 1 fully saturated rings. The summed E-state index contributed by atoms with van der Waals surface area (Å²) in [4.78, 5) is 24.6. The van der Waals surface area contributed by atoms with E-state index in [0.717, 1.165) is 37.2 Å². The van der Waals surface area contributed by atoms with Crippen molar-refractivity contribution in [3.05, 3.63) is 35.7 Å². The fourth-order valence-electron chi connectivity index (χ4n) is 3.30. The summed E-state index contributed by atoms with van der Waals surface area (Å²) in [5, 5.41) is 13.8. The molecule has 0 aliphatic heterocycles. The van der Waals surface area contributed by atoms with Crippen LogP contribution in [0, 0.1) is 13.8 Å². The van der Waals surface area contributed by atoms with Crippen LogP contribution in [0.1, 0.15) is 50.4 Å². The van der Waals surface area contributed by atoms with Crippen LogP contribution in [-0.4, -0.2) is 38.0 Å². The van der Waals surface area contributed by atoms with Crippen molar-refractivity contribution in [1.82, 2.24) is 25.4 Å². The lowest BCUT2D eigenvalue weighted by atomic mass is 9.96. The number of aromatic nitrogens is 3. The number of imide groups is 1. The summed E-state index contributed by atoms with van der Waals surface area (Å²) in [6.07, 6.45) is 5.42. The minimum atomic E-state index is -0.482. The summed E-state index contributed by atoms with van der Waals surface area (Å²) < 4.78 is 1.91. The number of urea groups is 1. The normalized spacial score (nSPS) is 15.8. The molecule has 1 aromatic carbocycles. The van der Waals surface area contributed by atoms with Gasteiger partial charge in [-0.3, -0.25) is 14.7 Å². The number of benzene rings is 1. The lowest BCUT2D eigenvalue weighted by molar-refractivity contribution is -0.119. The van der Waals surface area contributed by atoms with Gasteiger partial charge in [-0.05, 0) is 45.7 Å². The van der Waals surface area contributed by atoms with Gasteiger partial charge in [0.05, 0.1) is 5.25 Å². The molecule has 0 unspecified atom stereocenters. The molecule has 1 aliphatic rings. The first-order valence-corrected chi connectivity index (χ1v) is 10.6. The highest BCUT2D eigenvalue weighted by molar-refractivity contribution is 8.00. The lowest BCUT2D eigenvalue weighted by Gasteiger charge is -2.23. The van der Waals surface area contributed by atoms with Gasteiger partial charge in [-0.2, -0.15) is 0 Å². The highest BCUT2D eigenvalue weighted by atomic mass is 32.2. The Morgan fingerprint density at radius 2 is 1.79 bits per heavy atom. The van der Waals surface area contributed by atoms with Crippen molar-refractivity contribution >= 4 is 23.7 Å². The Hall–Kier alpha value is -2.35. The van der Waals surface area contributed by atoms with Gasteiger partial charge in [0.2, 0.25) is 5.91 Å². The summed E-state index contributed by atoms with van der Waals surface area (Å²) in [7, 11) is 0. The van der Waals surface area contributed by atoms with E-state index >= 15 is 0 Å². The van der Waals surface area contributed by atoms with Crippen molar-refractivity contribution in [3.63, 3.8) is 0 Å². The second kappa shape index (κ2) is 9.23. The van der Waals surface area contributed by atoms with E-state index in [9.17, 15) is 9.59 Å². The Bertz CT molecular complexity index is 828. The van der Waals surface area contributed by atoms with Gasteiger partial charge in [-0.25, -0.2) is 4.79 Å². The zero-order valence-electron chi connectivity index (χ0n) is 16.6. The molecular formula is C20H27N5O2S. The molecule has 3 rings (SSSR count). The van der Waals surface area contributed by atoms with Crippen LogP contribution in [0.2, 0.25) is 0 Å². The molecular weight excluding hydrogens is 374 g/mol. The summed E-state index contributed by atoms with van der Waals surface area (Å²) in [5.74, 6) is 0.406. The summed E-state index contributed by atoms with van der Waals surface area (Å²) >= 11 is 1.28. The number of hydrogen-bond acceptors (Lipinski definition) is 5. The van der Waals surface area contributed by atoms with E-state index in [1.807, 2.05) is 42.7 Å². The average molecular weight is 402 g/mol. The quantitative estimate of drug-likeness (QED) is 0.748. The first kappa shape index (κ1) is 20.4. The number of nitrogens with zero attached hydrogens (tertiary/aromatic N) is 3. The molecule has 0 bridgehead atoms. The van der Waals surface area contributed by atoms with Gasteiger partial charge in [-0.15, -0.1) is 10.2 Å². The maximum Gasteiger partial charge on any atom is 0.321 e. The van der Waals surface area contributed by atoms with Crippen LogP contribution in [0.3, 0.4) is 0 Å². The molecule has 3 amide bonds. The monoisotopic (exact) mass is 401 g/mol. The fourth-order valence-corrected chi connectivity index (χ4v) is 4.22. The first-order chi connectivity index (χ1) is 13.4. The highest BCUT2D eigenvalue weighted by Crippen LogP contribution is 2.26. The van der Waals surface area contributed by atoms with Crippen LogP contribution >= 0.6 is 11.8 Å². The molecule has 1 aliphatic carbocycles. The van der Waals surface area contributed by atoms with Crippen molar-refractivity contribution in [2.45, 2.75) is 69.3 Å². The van der Waals surface area contributed by atoms with Crippen molar-refractivity contribution in [3.8, 4) is 5.69 Å². The molecule has 0 spiro atoms. The molecule has 0 saturated heterocycles. The van der Waals surface area contributed by atoms with Crippen molar-refractivity contribution in [2.24, 2.45) is 0 Å². The zero-order valence-corrected chi connectivity index (χ0v) is 17.4. The van der Waals surface area contributed by atoms with Crippen molar-refractivity contribution in [1.29, 1.82) is 0 Å². The Morgan fingerprint density at radius 1 is 1.11 bits per heavy atom. The maximum atomic E-state index is 12.4.